The molecule has 0 spiro atoms. The first-order valence-electron chi connectivity index (χ1n) is 5.95. The quantitative estimate of drug-likeness (QED) is 0.801. The van der Waals surface area contributed by atoms with Gasteiger partial charge in [0.25, 0.3) is 0 Å². The van der Waals surface area contributed by atoms with Crippen molar-refractivity contribution in [2.24, 2.45) is 0 Å². The van der Waals surface area contributed by atoms with Crippen molar-refractivity contribution in [3.05, 3.63) is 42.2 Å². The molecule has 0 radical (unpaired) electrons. The van der Waals surface area contributed by atoms with Crippen LogP contribution in [0.3, 0.4) is 0 Å². The Hall–Kier alpha value is -2.56. The third-order valence-corrected chi connectivity index (χ3v) is 2.88. The standard InChI is InChI=1S/C15H15NO4/c1-18-13-5-4-10(7-14(13)19-2)11-6-12(9-16-8-11)15(17)20-3/h4-9H,1-3H3. The third kappa shape index (κ3) is 2.71. The zero-order valence-electron chi connectivity index (χ0n) is 11.5. The van der Waals surface area contributed by atoms with Crippen LogP contribution < -0.4 is 9.47 Å². The number of rotatable bonds is 4. The highest BCUT2D eigenvalue weighted by atomic mass is 16.5. The summed E-state index contributed by atoms with van der Waals surface area (Å²) in [7, 11) is 4.49. The SMILES string of the molecule is COC(=O)c1cncc(-c2ccc(OC)c(OC)c2)c1. The van der Waals surface area contributed by atoms with Gasteiger partial charge < -0.3 is 14.2 Å². The monoisotopic (exact) mass is 273 g/mol. The fraction of sp³-hybridized carbons (Fsp3) is 0.200. The number of aromatic nitrogens is 1. The minimum atomic E-state index is -0.417. The molecule has 0 aliphatic heterocycles. The highest BCUT2D eigenvalue weighted by molar-refractivity contribution is 5.90. The number of esters is 1. The number of ether oxygens (including phenoxy) is 3. The summed E-state index contributed by atoms with van der Waals surface area (Å²) in [5.41, 5.74) is 2.08. The van der Waals surface area contributed by atoms with Gasteiger partial charge in [-0.25, -0.2) is 4.79 Å². The molecule has 1 aromatic heterocycles. The van der Waals surface area contributed by atoms with Gasteiger partial charge in [0.15, 0.2) is 11.5 Å². The van der Waals surface area contributed by atoms with Crippen molar-refractivity contribution in [3.8, 4) is 22.6 Å². The predicted molar refractivity (Wildman–Crippen MR) is 74.1 cm³/mol. The molecule has 0 saturated carbocycles. The first-order chi connectivity index (χ1) is 9.69. The fourth-order valence-corrected chi connectivity index (χ4v) is 1.84. The molecule has 0 N–H and O–H groups in total. The average Bonchev–Trinajstić information content (AvgIpc) is 2.53. The van der Waals surface area contributed by atoms with Gasteiger partial charge in [0.05, 0.1) is 26.9 Å². The summed E-state index contributed by atoms with van der Waals surface area (Å²) in [6.45, 7) is 0. The van der Waals surface area contributed by atoms with Gasteiger partial charge in [-0.15, -0.1) is 0 Å². The highest BCUT2D eigenvalue weighted by Gasteiger charge is 2.10. The van der Waals surface area contributed by atoms with Crippen LogP contribution in [0.1, 0.15) is 10.4 Å². The van der Waals surface area contributed by atoms with Gasteiger partial charge in [-0.05, 0) is 23.8 Å². The van der Waals surface area contributed by atoms with E-state index in [2.05, 4.69) is 9.72 Å². The normalized spacial score (nSPS) is 9.95. The summed E-state index contributed by atoms with van der Waals surface area (Å²) in [5.74, 6) is 0.849. The van der Waals surface area contributed by atoms with Crippen molar-refractivity contribution < 1.29 is 19.0 Å². The zero-order chi connectivity index (χ0) is 14.5. The summed E-state index contributed by atoms with van der Waals surface area (Å²) in [6.07, 6.45) is 3.14. The van der Waals surface area contributed by atoms with Gasteiger partial charge >= 0.3 is 5.97 Å². The van der Waals surface area contributed by atoms with E-state index in [-0.39, 0.29) is 0 Å². The molecule has 0 amide bonds. The maximum absolute atomic E-state index is 11.5. The second kappa shape index (κ2) is 6.06. The topological polar surface area (TPSA) is 57.7 Å². The molecule has 1 heterocycles. The molecule has 2 aromatic rings. The van der Waals surface area contributed by atoms with Gasteiger partial charge in [0.2, 0.25) is 0 Å². The van der Waals surface area contributed by atoms with E-state index in [1.165, 1.54) is 13.3 Å². The van der Waals surface area contributed by atoms with Crippen LogP contribution in [-0.2, 0) is 4.74 Å². The molecule has 0 saturated heterocycles. The summed E-state index contributed by atoms with van der Waals surface area (Å²) in [4.78, 5) is 15.6. The van der Waals surface area contributed by atoms with E-state index >= 15 is 0 Å². The molecule has 0 aliphatic rings. The number of methoxy groups -OCH3 is 3. The number of carbonyl (C=O) groups is 1. The van der Waals surface area contributed by atoms with Crippen LogP contribution in [0, 0.1) is 0 Å². The summed E-state index contributed by atoms with van der Waals surface area (Å²) in [5, 5.41) is 0. The molecule has 0 unspecified atom stereocenters. The van der Waals surface area contributed by atoms with Gasteiger partial charge in [-0.1, -0.05) is 6.07 Å². The van der Waals surface area contributed by atoms with E-state index in [9.17, 15) is 4.79 Å². The molecule has 0 aliphatic carbocycles. The molecule has 2 rings (SSSR count). The molecule has 5 nitrogen and oxygen atoms in total. The Labute approximate surface area is 117 Å². The summed E-state index contributed by atoms with van der Waals surface area (Å²) < 4.78 is 15.1. The van der Waals surface area contributed by atoms with Crippen molar-refractivity contribution in [1.82, 2.24) is 4.98 Å². The largest absolute Gasteiger partial charge is 0.493 e. The number of hydrogen-bond acceptors (Lipinski definition) is 5. The minimum absolute atomic E-state index is 0.403. The first-order valence-corrected chi connectivity index (χ1v) is 5.95. The lowest BCUT2D eigenvalue weighted by atomic mass is 10.1. The Kier molecular flexibility index (Phi) is 4.20. The molecule has 20 heavy (non-hydrogen) atoms. The Morgan fingerprint density at radius 3 is 2.35 bits per heavy atom. The maximum atomic E-state index is 11.5. The molecular weight excluding hydrogens is 258 g/mol. The average molecular weight is 273 g/mol. The van der Waals surface area contributed by atoms with Crippen LogP contribution in [0.4, 0.5) is 0 Å². The van der Waals surface area contributed by atoms with Crippen molar-refractivity contribution >= 4 is 5.97 Å². The van der Waals surface area contributed by atoms with E-state index in [1.807, 2.05) is 12.1 Å². The molecular formula is C15H15NO4. The first kappa shape index (κ1) is 13.9. The maximum Gasteiger partial charge on any atom is 0.339 e. The molecule has 104 valence electrons. The van der Waals surface area contributed by atoms with Gasteiger partial charge in [-0.3, -0.25) is 4.98 Å². The van der Waals surface area contributed by atoms with Crippen LogP contribution >= 0.6 is 0 Å². The van der Waals surface area contributed by atoms with Crippen molar-refractivity contribution in [2.45, 2.75) is 0 Å². The smallest absolute Gasteiger partial charge is 0.339 e. The van der Waals surface area contributed by atoms with Crippen LogP contribution in [0.25, 0.3) is 11.1 Å². The number of benzene rings is 1. The number of nitrogens with zero attached hydrogens (tertiary/aromatic N) is 1. The second-order valence-electron chi connectivity index (χ2n) is 4.02. The summed E-state index contributed by atoms with van der Waals surface area (Å²) >= 11 is 0. The van der Waals surface area contributed by atoms with E-state index in [1.54, 1.807) is 32.5 Å². The summed E-state index contributed by atoms with van der Waals surface area (Å²) in [6, 6.07) is 7.23. The zero-order valence-corrected chi connectivity index (χ0v) is 11.5. The lowest BCUT2D eigenvalue weighted by molar-refractivity contribution is 0.0600. The van der Waals surface area contributed by atoms with E-state index in [0.29, 0.717) is 17.1 Å². The van der Waals surface area contributed by atoms with E-state index in [4.69, 9.17) is 9.47 Å². The molecule has 5 heteroatoms. The van der Waals surface area contributed by atoms with Crippen molar-refractivity contribution in [1.29, 1.82) is 0 Å². The van der Waals surface area contributed by atoms with Crippen LogP contribution in [-0.4, -0.2) is 32.3 Å². The highest BCUT2D eigenvalue weighted by Crippen LogP contribution is 2.32. The third-order valence-electron chi connectivity index (χ3n) is 2.88. The lowest BCUT2D eigenvalue weighted by Crippen LogP contribution is -2.01. The predicted octanol–water partition coefficient (Wildman–Crippen LogP) is 2.55. The minimum Gasteiger partial charge on any atom is -0.493 e. The van der Waals surface area contributed by atoms with Gasteiger partial charge in [0, 0.05) is 18.0 Å². The molecule has 0 bridgehead atoms. The van der Waals surface area contributed by atoms with E-state index < -0.39 is 5.97 Å². The fourth-order valence-electron chi connectivity index (χ4n) is 1.84. The Bertz CT molecular complexity index is 625. The Morgan fingerprint density at radius 1 is 0.950 bits per heavy atom. The van der Waals surface area contributed by atoms with Crippen LogP contribution in [0.2, 0.25) is 0 Å². The van der Waals surface area contributed by atoms with Gasteiger partial charge in [-0.2, -0.15) is 0 Å². The van der Waals surface area contributed by atoms with E-state index in [0.717, 1.165) is 11.1 Å². The molecule has 0 fully saturated rings. The molecule has 0 atom stereocenters. The van der Waals surface area contributed by atoms with Gasteiger partial charge in [0.1, 0.15) is 0 Å². The second-order valence-corrected chi connectivity index (χ2v) is 4.02. The number of carbonyl (C=O) groups excluding carboxylic acids is 1. The molecule has 1 aromatic carbocycles. The van der Waals surface area contributed by atoms with Crippen LogP contribution in [0.15, 0.2) is 36.7 Å². The number of hydrogen-bond donors (Lipinski definition) is 0. The van der Waals surface area contributed by atoms with Crippen molar-refractivity contribution in [2.75, 3.05) is 21.3 Å². The lowest BCUT2D eigenvalue weighted by Gasteiger charge is -2.10. The van der Waals surface area contributed by atoms with Crippen LogP contribution in [0.5, 0.6) is 11.5 Å². The number of pyridine rings is 1. The Balaban J connectivity index is 2.43. The van der Waals surface area contributed by atoms with Crippen molar-refractivity contribution in [3.63, 3.8) is 0 Å². The Morgan fingerprint density at radius 2 is 1.70 bits per heavy atom.